The van der Waals surface area contributed by atoms with Crippen LogP contribution in [0.2, 0.25) is 0 Å². The molecule has 32 heavy (non-hydrogen) atoms. The van der Waals surface area contributed by atoms with Gasteiger partial charge in [0.1, 0.15) is 11.5 Å². The van der Waals surface area contributed by atoms with Crippen molar-refractivity contribution in [1.29, 1.82) is 0 Å². The number of fused-ring (bicyclic) bond motifs is 3. The molecule has 0 N–H and O–H groups in total. The topological polar surface area (TPSA) is 85.8 Å². The number of aryl methyl sites for hydroxylation is 1. The molecule has 3 aromatic heterocycles. The van der Waals surface area contributed by atoms with Crippen LogP contribution in [0.4, 0.5) is 5.82 Å². The third kappa shape index (κ3) is 2.86. The number of hydrogen-bond donors (Lipinski definition) is 0. The van der Waals surface area contributed by atoms with E-state index in [0.29, 0.717) is 17.6 Å². The first-order valence-electron chi connectivity index (χ1n) is 11.3. The van der Waals surface area contributed by atoms with Crippen LogP contribution >= 0.6 is 0 Å². The molecule has 0 bridgehead atoms. The van der Waals surface area contributed by atoms with Crippen LogP contribution in [0.15, 0.2) is 47.2 Å². The lowest BCUT2D eigenvalue weighted by Crippen LogP contribution is -2.42. The van der Waals surface area contributed by atoms with Gasteiger partial charge < -0.3 is 9.42 Å². The zero-order valence-corrected chi connectivity index (χ0v) is 18.3. The summed E-state index contributed by atoms with van der Waals surface area (Å²) in [6.45, 7) is 4.20. The second kappa shape index (κ2) is 7.55. The van der Waals surface area contributed by atoms with Gasteiger partial charge in [-0.2, -0.15) is 0 Å². The number of benzene rings is 1. The third-order valence-electron chi connectivity index (χ3n) is 6.67. The Morgan fingerprint density at radius 3 is 2.66 bits per heavy atom. The van der Waals surface area contributed by atoms with Crippen molar-refractivity contribution < 1.29 is 4.52 Å². The second-order valence-electron chi connectivity index (χ2n) is 8.55. The molecule has 162 valence electrons. The number of anilines is 1. The van der Waals surface area contributed by atoms with Crippen LogP contribution in [0.5, 0.6) is 0 Å². The van der Waals surface area contributed by atoms with Crippen LogP contribution in [-0.4, -0.2) is 35.9 Å². The van der Waals surface area contributed by atoms with Gasteiger partial charge in [-0.1, -0.05) is 55.3 Å². The predicted octanol–water partition coefficient (Wildman–Crippen LogP) is 4.90. The van der Waals surface area contributed by atoms with Crippen LogP contribution in [0, 0.1) is 6.92 Å². The summed E-state index contributed by atoms with van der Waals surface area (Å²) in [4.78, 5) is 12.3. The molecule has 1 aromatic carbocycles. The minimum Gasteiger partial charge on any atom is -0.356 e. The fraction of sp³-hybridized carbons (Fsp3) is 0.375. The largest absolute Gasteiger partial charge is 0.356 e. The third-order valence-corrected chi connectivity index (χ3v) is 6.67. The van der Waals surface area contributed by atoms with Crippen molar-refractivity contribution >= 4 is 5.82 Å². The van der Waals surface area contributed by atoms with Crippen molar-refractivity contribution in [2.45, 2.75) is 58.0 Å². The maximum absolute atomic E-state index is 5.61. The van der Waals surface area contributed by atoms with Crippen molar-refractivity contribution in [2.75, 3.05) is 4.90 Å². The fourth-order valence-electron chi connectivity index (χ4n) is 5.19. The van der Waals surface area contributed by atoms with E-state index in [1.54, 1.807) is 6.20 Å². The van der Waals surface area contributed by atoms with Gasteiger partial charge >= 0.3 is 0 Å². The number of rotatable bonds is 4. The Bertz CT molecular complexity index is 1260. The molecule has 1 atom stereocenters. The van der Waals surface area contributed by atoms with Crippen LogP contribution in [0.1, 0.15) is 56.7 Å². The monoisotopic (exact) mass is 427 g/mol. The molecule has 1 fully saturated rings. The van der Waals surface area contributed by atoms with Crippen LogP contribution in [-0.2, 0) is 0 Å². The molecule has 4 aromatic rings. The van der Waals surface area contributed by atoms with Gasteiger partial charge in [0.25, 0.3) is 0 Å². The summed E-state index contributed by atoms with van der Waals surface area (Å²) in [7, 11) is 0. The molecular formula is C24H25N7O. The summed E-state index contributed by atoms with van der Waals surface area (Å²) in [6.07, 6.45) is 9.39. The van der Waals surface area contributed by atoms with E-state index in [1.807, 2.05) is 43.5 Å². The SMILES string of the molecule is CC[C@@H]1c2nnc(C)n2-c2cnc(-c3cnoc3-c3ccccc3)nc2N1C1CCCC1. The lowest BCUT2D eigenvalue weighted by molar-refractivity contribution is 0.432. The van der Waals surface area contributed by atoms with E-state index in [1.165, 1.54) is 25.7 Å². The van der Waals surface area contributed by atoms with Gasteiger partial charge in [-0.3, -0.25) is 4.57 Å². The van der Waals surface area contributed by atoms with E-state index < -0.39 is 0 Å². The van der Waals surface area contributed by atoms with Crippen molar-refractivity contribution in [2.24, 2.45) is 0 Å². The quantitative estimate of drug-likeness (QED) is 0.458. The highest BCUT2D eigenvalue weighted by Gasteiger charge is 2.39. The van der Waals surface area contributed by atoms with Crippen molar-refractivity contribution in [1.82, 2.24) is 29.9 Å². The molecule has 8 heteroatoms. The van der Waals surface area contributed by atoms with E-state index in [0.717, 1.165) is 40.7 Å². The molecule has 0 spiro atoms. The zero-order valence-electron chi connectivity index (χ0n) is 18.3. The van der Waals surface area contributed by atoms with E-state index in [2.05, 4.69) is 31.7 Å². The maximum atomic E-state index is 5.61. The predicted molar refractivity (Wildman–Crippen MR) is 120 cm³/mol. The molecule has 6 rings (SSSR count). The molecule has 0 saturated heterocycles. The molecule has 0 unspecified atom stereocenters. The fourth-order valence-corrected chi connectivity index (χ4v) is 5.19. The Balaban J connectivity index is 1.53. The summed E-state index contributed by atoms with van der Waals surface area (Å²) < 4.78 is 7.73. The molecule has 1 saturated carbocycles. The van der Waals surface area contributed by atoms with Crippen LogP contribution in [0.25, 0.3) is 28.4 Å². The Hall–Kier alpha value is -3.55. The highest BCUT2D eigenvalue weighted by atomic mass is 16.5. The molecule has 8 nitrogen and oxygen atoms in total. The smallest absolute Gasteiger partial charge is 0.177 e. The zero-order chi connectivity index (χ0) is 21.7. The molecule has 4 heterocycles. The number of hydrogen-bond acceptors (Lipinski definition) is 7. The van der Waals surface area contributed by atoms with Gasteiger partial charge in [0.2, 0.25) is 0 Å². The minimum atomic E-state index is 0.144. The van der Waals surface area contributed by atoms with Gasteiger partial charge in [0, 0.05) is 11.6 Å². The number of nitrogens with zero attached hydrogens (tertiary/aromatic N) is 7. The molecule has 2 aliphatic rings. The Morgan fingerprint density at radius 1 is 1.06 bits per heavy atom. The summed E-state index contributed by atoms with van der Waals surface area (Å²) in [5.41, 5.74) is 2.70. The lowest BCUT2D eigenvalue weighted by Gasteiger charge is -2.41. The molecule has 0 radical (unpaired) electrons. The van der Waals surface area contributed by atoms with E-state index in [-0.39, 0.29) is 6.04 Å². The first kappa shape index (κ1) is 19.2. The number of aromatic nitrogens is 6. The van der Waals surface area contributed by atoms with Crippen LogP contribution in [0.3, 0.4) is 0 Å². The van der Waals surface area contributed by atoms with Gasteiger partial charge in [-0.15, -0.1) is 10.2 Å². The second-order valence-corrected chi connectivity index (χ2v) is 8.55. The molecule has 1 aliphatic heterocycles. The van der Waals surface area contributed by atoms with Crippen LogP contribution < -0.4 is 4.90 Å². The van der Waals surface area contributed by atoms with Gasteiger partial charge in [0.05, 0.1) is 24.0 Å². The first-order valence-corrected chi connectivity index (χ1v) is 11.3. The van der Waals surface area contributed by atoms with Gasteiger partial charge in [0.15, 0.2) is 23.2 Å². The average molecular weight is 428 g/mol. The molecular weight excluding hydrogens is 402 g/mol. The highest BCUT2D eigenvalue weighted by molar-refractivity contribution is 5.77. The molecule has 0 amide bonds. The maximum Gasteiger partial charge on any atom is 0.177 e. The minimum absolute atomic E-state index is 0.144. The van der Waals surface area contributed by atoms with E-state index in [4.69, 9.17) is 14.5 Å². The standard InChI is InChI=1S/C24H25N7O/c1-3-19-24-29-28-15(2)30(24)20-14-25-22(27-23(20)31(19)17-11-7-8-12-17)18-13-26-32-21(18)16-9-5-4-6-10-16/h4-6,9-10,13-14,17,19H,3,7-8,11-12H2,1-2H3/t19-/m1/s1. The van der Waals surface area contributed by atoms with Crippen molar-refractivity contribution in [3.8, 4) is 28.4 Å². The Labute approximate surface area is 186 Å². The summed E-state index contributed by atoms with van der Waals surface area (Å²) in [5, 5.41) is 13.0. The molecule has 1 aliphatic carbocycles. The lowest BCUT2D eigenvalue weighted by atomic mass is 10.0. The van der Waals surface area contributed by atoms with Gasteiger partial charge in [-0.25, -0.2) is 9.97 Å². The summed E-state index contributed by atoms with van der Waals surface area (Å²) in [5.74, 6) is 4.09. The summed E-state index contributed by atoms with van der Waals surface area (Å²) in [6, 6.07) is 10.6. The van der Waals surface area contributed by atoms with E-state index in [9.17, 15) is 0 Å². The van der Waals surface area contributed by atoms with Crippen molar-refractivity contribution in [3.05, 3.63) is 54.4 Å². The first-order chi connectivity index (χ1) is 15.8. The van der Waals surface area contributed by atoms with E-state index >= 15 is 0 Å². The van der Waals surface area contributed by atoms with Crippen molar-refractivity contribution in [3.63, 3.8) is 0 Å². The van der Waals surface area contributed by atoms with Gasteiger partial charge in [-0.05, 0) is 26.2 Å². The summed E-state index contributed by atoms with van der Waals surface area (Å²) >= 11 is 0. The Morgan fingerprint density at radius 2 is 1.88 bits per heavy atom. The average Bonchev–Trinajstić information content (AvgIpc) is 3.60. The Kier molecular flexibility index (Phi) is 4.52. The highest BCUT2D eigenvalue weighted by Crippen LogP contribution is 2.44. The normalized spacial score (nSPS) is 18.1.